The zero-order chi connectivity index (χ0) is 18.1. The second-order valence-electron chi connectivity index (χ2n) is 4.58. The van der Waals surface area contributed by atoms with Crippen molar-refractivity contribution in [1.29, 1.82) is 0 Å². The van der Waals surface area contributed by atoms with E-state index in [4.69, 9.17) is 16.3 Å². The highest BCUT2D eigenvalue weighted by Gasteiger charge is 2.47. The molecule has 2 aromatic carbocycles. The van der Waals surface area contributed by atoms with Crippen molar-refractivity contribution in [3.8, 4) is 11.5 Å². The number of aliphatic hydroxyl groups excluding tert-OH is 1. The van der Waals surface area contributed by atoms with Gasteiger partial charge in [-0.05, 0) is 30.3 Å². The monoisotopic (exact) mass is 384 g/mol. The molecule has 4 nitrogen and oxygen atoms in total. The second-order valence-corrected chi connectivity index (χ2v) is 6.96. The maximum Gasteiger partial charge on any atom is 0.501 e. The molecule has 2 aromatic rings. The summed E-state index contributed by atoms with van der Waals surface area (Å²) >= 11 is 5.65. The number of alkyl halides is 3. The lowest BCUT2D eigenvalue weighted by Crippen LogP contribution is -2.23. The fourth-order valence-corrected chi connectivity index (χ4v) is 2.82. The average molecular weight is 385 g/mol. The molecule has 24 heavy (non-hydrogen) atoms. The number of benzene rings is 2. The van der Waals surface area contributed by atoms with Crippen molar-refractivity contribution in [3.63, 3.8) is 0 Å². The van der Waals surface area contributed by atoms with Crippen molar-refractivity contribution >= 4 is 21.4 Å². The Morgan fingerprint density at radius 1 is 1.12 bits per heavy atom. The molecule has 1 N–H and O–H groups in total. The Hall–Kier alpha value is -1.84. The zero-order valence-electron chi connectivity index (χ0n) is 11.6. The number of hydrogen-bond acceptors (Lipinski definition) is 4. The molecular formula is C14H9ClF4O4S. The van der Waals surface area contributed by atoms with Crippen LogP contribution in [-0.4, -0.2) is 19.0 Å². The van der Waals surface area contributed by atoms with Gasteiger partial charge in [-0.15, -0.1) is 0 Å². The minimum absolute atomic E-state index is 0.0202. The summed E-state index contributed by atoms with van der Waals surface area (Å²) in [5.41, 5.74) is -5.70. The van der Waals surface area contributed by atoms with Gasteiger partial charge in [-0.1, -0.05) is 11.6 Å². The van der Waals surface area contributed by atoms with Gasteiger partial charge in [-0.2, -0.15) is 13.2 Å². The number of sulfone groups is 1. The van der Waals surface area contributed by atoms with E-state index in [9.17, 15) is 31.1 Å². The number of ether oxygens (including phenoxy) is 1. The van der Waals surface area contributed by atoms with Gasteiger partial charge >= 0.3 is 5.51 Å². The van der Waals surface area contributed by atoms with Crippen LogP contribution in [0.4, 0.5) is 17.6 Å². The van der Waals surface area contributed by atoms with Crippen LogP contribution in [0.1, 0.15) is 5.56 Å². The van der Waals surface area contributed by atoms with E-state index in [-0.39, 0.29) is 22.1 Å². The number of rotatable bonds is 4. The van der Waals surface area contributed by atoms with Gasteiger partial charge < -0.3 is 9.84 Å². The molecule has 10 heteroatoms. The third-order valence-corrected chi connectivity index (χ3v) is 4.58. The SMILES string of the molecule is O=S(=O)(c1ccc(Oc2cc(F)cc(Cl)c2)c(CO)c1)C(F)(F)F. The van der Waals surface area contributed by atoms with E-state index >= 15 is 0 Å². The van der Waals surface area contributed by atoms with E-state index in [1.54, 1.807) is 0 Å². The summed E-state index contributed by atoms with van der Waals surface area (Å²) in [6.45, 7) is -0.792. The van der Waals surface area contributed by atoms with Crippen molar-refractivity contribution in [2.24, 2.45) is 0 Å². The number of aliphatic hydroxyl groups is 1. The van der Waals surface area contributed by atoms with Gasteiger partial charge in [0.1, 0.15) is 17.3 Å². The van der Waals surface area contributed by atoms with Crippen LogP contribution in [0, 0.1) is 5.82 Å². The highest BCUT2D eigenvalue weighted by Crippen LogP contribution is 2.34. The summed E-state index contributed by atoms with van der Waals surface area (Å²) < 4.78 is 78.9. The molecule has 0 amide bonds. The first-order valence-corrected chi connectivity index (χ1v) is 8.10. The standard InChI is InChI=1S/C14H9ClF4O4S/c15-9-4-10(16)6-11(5-9)23-13-2-1-12(3-8(13)7-20)24(21,22)14(17,18)19/h1-6,20H,7H2. The fourth-order valence-electron chi connectivity index (χ4n) is 1.79. The molecule has 0 atom stereocenters. The van der Waals surface area contributed by atoms with Gasteiger partial charge in [0.2, 0.25) is 0 Å². The molecule has 0 fully saturated rings. The molecule has 130 valence electrons. The minimum Gasteiger partial charge on any atom is -0.457 e. The maximum atomic E-state index is 13.2. The van der Waals surface area contributed by atoms with E-state index in [1.165, 1.54) is 6.07 Å². The lowest BCUT2D eigenvalue weighted by Gasteiger charge is -2.13. The van der Waals surface area contributed by atoms with Crippen LogP contribution in [0.3, 0.4) is 0 Å². The first-order chi connectivity index (χ1) is 11.0. The van der Waals surface area contributed by atoms with E-state index in [2.05, 4.69) is 0 Å². The molecule has 0 aliphatic heterocycles. The topological polar surface area (TPSA) is 63.6 Å². The molecule has 0 saturated carbocycles. The molecule has 0 spiro atoms. The van der Waals surface area contributed by atoms with Crippen LogP contribution in [0.5, 0.6) is 11.5 Å². The summed E-state index contributed by atoms with van der Waals surface area (Å²) in [5.74, 6) is -0.916. The molecule has 0 aliphatic rings. The van der Waals surface area contributed by atoms with Gasteiger partial charge in [0.15, 0.2) is 0 Å². The smallest absolute Gasteiger partial charge is 0.457 e. The number of hydrogen-bond donors (Lipinski definition) is 1. The Morgan fingerprint density at radius 2 is 1.79 bits per heavy atom. The molecule has 0 saturated heterocycles. The second kappa shape index (κ2) is 6.58. The van der Waals surface area contributed by atoms with Gasteiger partial charge in [-0.3, -0.25) is 0 Å². The Balaban J connectivity index is 2.43. The zero-order valence-corrected chi connectivity index (χ0v) is 13.2. The highest BCUT2D eigenvalue weighted by molar-refractivity contribution is 7.92. The summed E-state index contributed by atoms with van der Waals surface area (Å²) in [6.07, 6.45) is 0. The van der Waals surface area contributed by atoms with Gasteiger partial charge in [0, 0.05) is 16.7 Å². The molecule has 0 heterocycles. The predicted octanol–water partition coefficient (Wildman–Crippen LogP) is 4.06. The fraction of sp³-hybridized carbons (Fsp3) is 0.143. The van der Waals surface area contributed by atoms with Crippen LogP contribution < -0.4 is 4.74 Å². The Morgan fingerprint density at radius 3 is 2.33 bits per heavy atom. The van der Waals surface area contributed by atoms with Gasteiger partial charge in [0.25, 0.3) is 9.84 Å². The third kappa shape index (κ3) is 3.80. The van der Waals surface area contributed by atoms with Crippen molar-refractivity contribution in [1.82, 2.24) is 0 Å². The Kier molecular flexibility index (Phi) is 5.07. The van der Waals surface area contributed by atoms with Crippen LogP contribution >= 0.6 is 11.6 Å². The summed E-state index contributed by atoms with van der Waals surface area (Å²) in [7, 11) is -5.56. The lowest BCUT2D eigenvalue weighted by atomic mass is 10.2. The van der Waals surface area contributed by atoms with Crippen molar-refractivity contribution in [2.45, 2.75) is 17.0 Å². The lowest BCUT2D eigenvalue weighted by molar-refractivity contribution is -0.0436. The van der Waals surface area contributed by atoms with E-state index in [0.29, 0.717) is 12.1 Å². The predicted molar refractivity (Wildman–Crippen MR) is 77.1 cm³/mol. The quantitative estimate of drug-likeness (QED) is 0.807. The molecule has 0 aromatic heterocycles. The molecular weight excluding hydrogens is 376 g/mol. The molecule has 0 radical (unpaired) electrons. The normalized spacial score (nSPS) is 12.2. The molecule has 0 aliphatic carbocycles. The summed E-state index contributed by atoms with van der Waals surface area (Å²) in [6, 6.07) is 5.47. The van der Waals surface area contributed by atoms with Crippen molar-refractivity contribution in [3.05, 3.63) is 52.8 Å². The van der Waals surface area contributed by atoms with Gasteiger partial charge in [0.05, 0.1) is 11.5 Å². The highest BCUT2D eigenvalue weighted by atomic mass is 35.5. The average Bonchev–Trinajstić information content (AvgIpc) is 2.45. The molecule has 0 bridgehead atoms. The Bertz CT molecular complexity index is 845. The number of halogens is 5. The third-order valence-electron chi connectivity index (χ3n) is 2.88. The Labute approximate surface area is 139 Å². The van der Waals surface area contributed by atoms with E-state index in [1.807, 2.05) is 0 Å². The van der Waals surface area contributed by atoms with Crippen molar-refractivity contribution < 1.29 is 35.8 Å². The largest absolute Gasteiger partial charge is 0.501 e. The van der Waals surface area contributed by atoms with E-state index in [0.717, 1.165) is 18.2 Å². The first-order valence-electron chi connectivity index (χ1n) is 6.23. The van der Waals surface area contributed by atoms with Crippen molar-refractivity contribution in [2.75, 3.05) is 0 Å². The van der Waals surface area contributed by atoms with E-state index < -0.39 is 32.7 Å². The summed E-state index contributed by atoms with van der Waals surface area (Å²) in [5, 5.41) is 9.26. The summed E-state index contributed by atoms with van der Waals surface area (Å²) in [4.78, 5) is -1.04. The maximum absolute atomic E-state index is 13.2. The van der Waals surface area contributed by atoms with Crippen LogP contribution in [-0.2, 0) is 16.4 Å². The molecule has 0 unspecified atom stereocenters. The molecule has 2 rings (SSSR count). The first kappa shape index (κ1) is 18.5. The van der Waals surface area contributed by atoms with Crippen LogP contribution in [0.15, 0.2) is 41.3 Å². The van der Waals surface area contributed by atoms with Crippen LogP contribution in [0.2, 0.25) is 5.02 Å². The van der Waals surface area contributed by atoms with Gasteiger partial charge in [-0.25, -0.2) is 12.8 Å². The minimum atomic E-state index is -5.56. The van der Waals surface area contributed by atoms with Crippen LogP contribution in [0.25, 0.3) is 0 Å².